The molecule has 2 nitrogen and oxygen atoms in total. The van der Waals surface area contributed by atoms with E-state index in [1.54, 1.807) is 12.1 Å². The van der Waals surface area contributed by atoms with E-state index in [0.29, 0.717) is 11.3 Å². The second kappa shape index (κ2) is 6.26. The molecule has 2 aromatic carbocycles. The summed E-state index contributed by atoms with van der Waals surface area (Å²) in [4.78, 5) is 11.9. The molecule has 0 amide bonds. The van der Waals surface area contributed by atoms with Crippen molar-refractivity contribution in [2.24, 2.45) is 0 Å². The molecule has 92 valence electrons. The normalized spacial score (nSPS) is 12.0. The van der Waals surface area contributed by atoms with Crippen LogP contribution in [-0.2, 0) is 16.6 Å². The molecule has 0 unspecified atom stereocenters. The minimum Gasteiger partial charge on any atom is -0.293 e. The first-order valence-corrected chi connectivity index (χ1v) is 7.21. The number of Topliss-reactive ketones (excluding diaryl/α,β-unsaturated/α-hetero) is 1. The number of hydrogen-bond donors (Lipinski definition) is 0. The Balaban J connectivity index is 1.94. The third kappa shape index (κ3) is 3.64. The Kier molecular flexibility index (Phi) is 4.42. The van der Waals surface area contributed by atoms with Crippen molar-refractivity contribution in [2.75, 3.05) is 5.75 Å². The van der Waals surface area contributed by atoms with Gasteiger partial charge in [0.25, 0.3) is 0 Å². The van der Waals surface area contributed by atoms with E-state index in [2.05, 4.69) is 0 Å². The van der Waals surface area contributed by atoms with E-state index in [1.165, 1.54) is 0 Å². The van der Waals surface area contributed by atoms with Gasteiger partial charge in [0.1, 0.15) is 0 Å². The highest BCUT2D eigenvalue weighted by Crippen LogP contribution is 2.06. The van der Waals surface area contributed by atoms with Gasteiger partial charge in [0.2, 0.25) is 0 Å². The van der Waals surface area contributed by atoms with Crippen LogP contribution in [-0.4, -0.2) is 15.7 Å². The van der Waals surface area contributed by atoms with E-state index < -0.39 is 10.8 Å². The summed E-state index contributed by atoms with van der Waals surface area (Å²) in [5.41, 5.74) is 1.62. The van der Waals surface area contributed by atoms with Crippen molar-refractivity contribution < 1.29 is 9.00 Å². The van der Waals surface area contributed by atoms with Crippen LogP contribution in [0.3, 0.4) is 0 Å². The molecule has 0 spiro atoms. The van der Waals surface area contributed by atoms with Gasteiger partial charge in [-0.1, -0.05) is 60.7 Å². The Morgan fingerprint density at radius 2 is 1.44 bits per heavy atom. The van der Waals surface area contributed by atoms with Crippen LogP contribution in [0.5, 0.6) is 0 Å². The van der Waals surface area contributed by atoms with Crippen LogP contribution < -0.4 is 0 Å². The fourth-order valence-corrected chi connectivity index (χ4v) is 2.79. The van der Waals surface area contributed by atoms with E-state index in [4.69, 9.17) is 0 Å². The molecule has 0 radical (unpaired) electrons. The zero-order valence-corrected chi connectivity index (χ0v) is 10.7. The lowest BCUT2D eigenvalue weighted by molar-refractivity contribution is 0.102. The summed E-state index contributed by atoms with van der Waals surface area (Å²) in [6, 6.07) is 18.6. The quantitative estimate of drug-likeness (QED) is 0.773. The maximum atomic E-state index is 11.9. The average molecular weight is 258 g/mol. The van der Waals surface area contributed by atoms with Gasteiger partial charge in [-0.3, -0.25) is 9.00 Å². The molecular weight excluding hydrogens is 244 g/mol. The highest BCUT2D eigenvalue weighted by molar-refractivity contribution is 7.85. The van der Waals surface area contributed by atoms with Crippen molar-refractivity contribution in [1.29, 1.82) is 0 Å². The van der Waals surface area contributed by atoms with Gasteiger partial charge in [0, 0.05) is 22.1 Å². The molecule has 3 heteroatoms. The molecule has 0 heterocycles. The number of ketones is 1. The second-order valence-electron chi connectivity index (χ2n) is 4.00. The van der Waals surface area contributed by atoms with Crippen LogP contribution in [0.4, 0.5) is 0 Å². The van der Waals surface area contributed by atoms with E-state index in [0.717, 1.165) is 5.56 Å². The standard InChI is InChI=1S/C15H14O2S/c16-15(14-9-5-2-6-10-14)12-18(17)11-13-7-3-1-4-8-13/h1-10H,11-12H2/t18-/m0/s1. The Labute approximate surface area is 109 Å². The summed E-state index contributed by atoms with van der Waals surface area (Å²) in [5, 5.41) is 0. The maximum Gasteiger partial charge on any atom is 0.175 e. The summed E-state index contributed by atoms with van der Waals surface area (Å²) in [6.45, 7) is 0. The minimum absolute atomic E-state index is 0.0649. The number of carbonyl (C=O) groups is 1. The van der Waals surface area contributed by atoms with Gasteiger partial charge in [0.15, 0.2) is 5.78 Å². The largest absolute Gasteiger partial charge is 0.293 e. The first-order chi connectivity index (χ1) is 8.75. The Morgan fingerprint density at radius 1 is 0.889 bits per heavy atom. The highest BCUT2D eigenvalue weighted by Gasteiger charge is 2.10. The summed E-state index contributed by atoms with van der Waals surface area (Å²) in [6.07, 6.45) is 0. The molecule has 0 fully saturated rings. The molecule has 0 aliphatic carbocycles. The topological polar surface area (TPSA) is 34.1 Å². The first-order valence-electron chi connectivity index (χ1n) is 5.73. The summed E-state index contributed by atoms with van der Waals surface area (Å²) in [7, 11) is -1.15. The number of carbonyl (C=O) groups excluding carboxylic acids is 1. The molecule has 2 aromatic rings. The van der Waals surface area contributed by atoms with Gasteiger partial charge in [-0.25, -0.2) is 0 Å². The third-order valence-corrected chi connectivity index (χ3v) is 3.80. The molecule has 1 atom stereocenters. The van der Waals surface area contributed by atoms with Crippen molar-refractivity contribution in [3.05, 3.63) is 71.8 Å². The Bertz CT molecular complexity index is 535. The fraction of sp³-hybridized carbons (Fsp3) is 0.133. The van der Waals surface area contributed by atoms with Gasteiger partial charge >= 0.3 is 0 Å². The molecule has 0 saturated carbocycles. The molecule has 0 aliphatic heterocycles. The van der Waals surface area contributed by atoms with Crippen molar-refractivity contribution >= 4 is 16.6 Å². The smallest absolute Gasteiger partial charge is 0.175 e. The van der Waals surface area contributed by atoms with Gasteiger partial charge in [-0.2, -0.15) is 0 Å². The molecule has 0 saturated heterocycles. The van der Waals surface area contributed by atoms with E-state index in [-0.39, 0.29) is 11.5 Å². The van der Waals surface area contributed by atoms with E-state index >= 15 is 0 Å². The molecular formula is C15H14O2S. The lowest BCUT2D eigenvalue weighted by atomic mass is 10.2. The van der Waals surface area contributed by atoms with E-state index in [9.17, 15) is 9.00 Å². The lowest BCUT2D eigenvalue weighted by Gasteiger charge is -2.02. The molecule has 18 heavy (non-hydrogen) atoms. The van der Waals surface area contributed by atoms with Crippen LogP contribution in [0, 0.1) is 0 Å². The van der Waals surface area contributed by atoms with Gasteiger partial charge in [-0.15, -0.1) is 0 Å². The molecule has 2 rings (SSSR count). The van der Waals surface area contributed by atoms with E-state index in [1.807, 2.05) is 48.5 Å². The predicted octanol–water partition coefficient (Wildman–Crippen LogP) is 2.82. The van der Waals surface area contributed by atoms with Crippen molar-refractivity contribution in [3.63, 3.8) is 0 Å². The zero-order chi connectivity index (χ0) is 12.8. The predicted molar refractivity (Wildman–Crippen MR) is 73.9 cm³/mol. The van der Waals surface area contributed by atoms with Crippen LogP contribution in [0.15, 0.2) is 60.7 Å². The van der Waals surface area contributed by atoms with Gasteiger partial charge < -0.3 is 0 Å². The molecule has 0 aromatic heterocycles. The molecule has 0 aliphatic rings. The maximum absolute atomic E-state index is 11.9. The Morgan fingerprint density at radius 3 is 2.06 bits per heavy atom. The van der Waals surface area contributed by atoms with Gasteiger partial charge in [-0.05, 0) is 5.56 Å². The Hall–Kier alpha value is -1.74. The summed E-state index contributed by atoms with van der Waals surface area (Å²) in [5.74, 6) is 0.447. The molecule has 0 bridgehead atoms. The number of rotatable bonds is 5. The van der Waals surface area contributed by atoms with Crippen molar-refractivity contribution in [1.82, 2.24) is 0 Å². The monoisotopic (exact) mass is 258 g/mol. The third-order valence-electron chi connectivity index (χ3n) is 2.56. The molecule has 0 N–H and O–H groups in total. The van der Waals surface area contributed by atoms with Crippen molar-refractivity contribution in [3.8, 4) is 0 Å². The first kappa shape index (κ1) is 12.7. The lowest BCUT2D eigenvalue weighted by Crippen LogP contribution is -2.12. The summed E-state index contributed by atoms with van der Waals surface area (Å²) < 4.78 is 11.9. The van der Waals surface area contributed by atoms with Crippen LogP contribution >= 0.6 is 0 Å². The minimum atomic E-state index is -1.15. The fourth-order valence-electron chi connectivity index (χ4n) is 1.66. The SMILES string of the molecule is O=C(C[S@@](=O)Cc1ccccc1)c1ccccc1. The van der Waals surface area contributed by atoms with Crippen LogP contribution in [0.25, 0.3) is 0 Å². The number of benzene rings is 2. The zero-order valence-electron chi connectivity index (χ0n) is 9.91. The van der Waals surface area contributed by atoms with Crippen molar-refractivity contribution in [2.45, 2.75) is 5.75 Å². The highest BCUT2D eigenvalue weighted by atomic mass is 32.2. The van der Waals surface area contributed by atoms with Crippen LogP contribution in [0.2, 0.25) is 0 Å². The average Bonchev–Trinajstić information content (AvgIpc) is 2.40. The van der Waals surface area contributed by atoms with Crippen LogP contribution in [0.1, 0.15) is 15.9 Å². The summed E-state index contributed by atoms with van der Waals surface area (Å²) >= 11 is 0. The van der Waals surface area contributed by atoms with Gasteiger partial charge in [0.05, 0.1) is 5.75 Å². The second-order valence-corrected chi connectivity index (χ2v) is 5.46. The number of hydrogen-bond acceptors (Lipinski definition) is 2.